The first-order chi connectivity index (χ1) is 7.06. The van der Waals surface area contributed by atoms with Gasteiger partial charge < -0.3 is 5.73 Å². The van der Waals surface area contributed by atoms with E-state index in [9.17, 15) is 14.9 Å². The Balaban J connectivity index is 2.97. The maximum absolute atomic E-state index is 11.0. The van der Waals surface area contributed by atoms with Crippen LogP contribution < -0.4 is 5.73 Å². The fourth-order valence-corrected chi connectivity index (χ4v) is 1.49. The summed E-state index contributed by atoms with van der Waals surface area (Å²) in [7, 11) is 0. The number of hydrogen-bond donors (Lipinski definition) is 1. The van der Waals surface area contributed by atoms with Gasteiger partial charge in [-0.15, -0.1) is 11.6 Å². The van der Waals surface area contributed by atoms with Crippen LogP contribution in [0.5, 0.6) is 0 Å². The zero-order valence-corrected chi connectivity index (χ0v) is 8.48. The number of carbonyl (C=O) groups is 1. The van der Waals surface area contributed by atoms with Gasteiger partial charge in [-0.1, -0.05) is 12.1 Å². The summed E-state index contributed by atoms with van der Waals surface area (Å²) >= 11 is 5.56. The van der Waals surface area contributed by atoms with Crippen molar-refractivity contribution in [3.8, 4) is 0 Å². The summed E-state index contributed by atoms with van der Waals surface area (Å²) in [6.45, 7) is 0. The van der Waals surface area contributed by atoms with Crippen LogP contribution in [0.1, 0.15) is 11.5 Å². The Bertz CT molecular complexity index is 377. The Labute approximate surface area is 91.0 Å². The Morgan fingerprint density at radius 2 is 2.00 bits per heavy atom. The monoisotopic (exact) mass is 228 g/mol. The van der Waals surface area contributed by atoms with Gasteiger partial charge in [0.05, 0.1) is 10.8 Å². The number of non-ortho nitro benzene ring substituents is 1. The lowest BCUT2D eigenvalue weighted by molar-refractivity contribution is -0.384. The number of hydrogen-bond acceptors (Lipinski definition) is 3. The van der Waals surface area contributed by atoms with E-state index in [-0.39, 0.29) is 11.6 Å². The minimum atomic E-state index is -0.604. The molecule has 0 aliphatic rings. The third kappa shape index (κ3) is 2.66. The highest BCUT2D eigenvalue weighted by Crippen LogP contribution is 2.20. The van der Waals surface area contributed by atoms with E-state index in [1.165, 1.54) is 24.3 Å². The van der Waals surface area contributed by atoms with Gasteiger partial charge in [-0.3, -0.25) is 14.9 Å². The number of halogens is 1. The molecular formula is C9H9ClN2O3. The predicted molar refractivity (Wildman–Crippen MR) is 55.8 cm³/mol. The van der Waals surface area contributed by atoms with Crippen LogP contribution in [-0.2, 0) is 4.79 Å². The molecule has 6 heteroatoms. The molecule has 0 heterocycles. The molecule has 1 amide bonds. The first-order valence-electron chi connectivity index (χ1n) is 4.16. The van der Waals surface area contributed by atoms with Gasteiger partial charge in [-0.2, -0.15) is 0 Å². The van der Waals surface area contributed by atoms with Crippen molar-refractivity contribution in [1.29, 1.82) is 0 Å². The van der Waals surface area contributed by atoms with Gasteiger partial charge in [-0.05, 0) is 5.56 Å². The molecule has 80 valence electrons. The minimum Gasteiger partial charge on any atom is -0.369 e. The minimum absolute atomic E-state index is 0.0310. The average molecular weight is 229 g/mol. The van der Waals surface area contributed by atoms with Gasteiger partial charge in [-0.25, -0.2) is 0 Å². The van der Waals surface area contributed by atoms with Crippen molar-refractivity contribution >= 4 is 23.2 Å². The van der Waals surface area contributed by atoms with Crippen molar-refractivity contribution < 1.29 is 9.72 Å². The van der Waals surface area contributed by atoms with Crippen molar-refractivity contribution in [1.82, 2.24) is 0 Å². The molecule has 0 bridgehead atoms. The number of nitro benzene ring substituents is 1. The quantitative estimate of drug-likeness (QED) is 0.480. The van der Waals surface area contributed by atoms with Crippen molar-refractivity contribution in [2.45, 2.75) is 5.92 Å². The number of alkyl halides is 1. The lowest BCUT2D eigenvalue weighted by atomic mass is 10.0. The maximum atomic E-state index is 11.0. The summed E-state index contributed by atoms with van der Waals surface area (Å²) in [5.74, 6) is -1.08. The van der Waals surface area contributed by atoms with Crippen molar-refractivity contribution in [2.24, 2.45) is 5.73 Å². The second-order valence-corrected chi connectivity index (χ2v) is 3.27. The summed E-state index contributed by atoms with van der Waals surface area (Å²) < 4.78 is 0. The first kappa shape index (κ1) is 11.5. The molecule has 0 saturated carbocycles. The molecule has 2 N–H and O–H groups in total. The Morgan fingerprint density at radius 1 is 1.47 bits per heavy atom. The highest BCUT2D eigenvalue weighted by atomic mass is 35.5. The second-order valence-electron chi connectivity index (χ2n) is 2.96. The van der Waals surface area contributed by atoms with Crippen molar-refractivity contribution in [3.63, 3.8) is 0 Å². The van der Waals surface area contributed by atoms with E-state index in [0.717, 1.165) is 0 Å². The molecule has 1 unspecified atom stereocenters. The molecule has 1 aromatic carbocycles. The topological polar surface area (TPSA) is 86.2 Å². The summed E-state index contributed by atoms with van der Waals surface area (Å²) in [6.07, 6.45) is 0. The van der Waals surface area contributed by atoms with Crippen molar-refractivity contribution in [2.75, 3.05) is 5.88 Å². The Hall–Kier alpha value is -1.62. The highest BCUT2D eigenvalue weighted by molar-refractivity contribution is 6.20. The van der Waals surface area contributed by atoms with Gasteiger partial charge in [0.2, 0.25) is 5.91 Å². The van der Waals surface area contributed by atoms with Gasteiger partial charge >= 0.3 is 0 Å². The molecule has 1 rings (SSSR count). The number of nitrogens with zero attached hydrogens (tertiary/aromatic N) is 1. The first-order valence-corrected chi connectivity index (χ1v) is 4.69. The molecule has 1 atom stereocenters. The zero-order valence-electron chi connectivity index (χ0n) is 7.72. The molecule has 0 aromatic heterocycles. The summed E-state index contributed by atoms with van der Waals surface area (Å²) in [5.41, 5.74) is 5.68. The summed E-state index contributed by atoms with van der Waals surface area (Å²) in [5, 5.41) is 10.4. The van der Waals surface area contributed by atoms with Crippen LogP contribution in [0.3, 0.4) is 0 Å². The van der Waals surface area contributed by atoms with E-state index >= 15 is 0 Å². The SMILES string of the molecule is NC(=O)C(CCl)c1ccc([N+](=O)[O-])cc1. The number of primary amides is 1. The Kier molecular flexibility index (Phi) is 3.62. The number of rotatable bonds is 4. The molecule has 0 aliphatic heterocycles. The second kappa shape index (κ2) is 4.75. The van der Waals surface area contributed by atoms with E-state index in [0.29, 0.717) is 5.56 Å². The third-order valence-electron chi connectivity index (χ3n) is 2.00. The van der Waals surface area contributed by atoms with Crippen LogP contribution >= 0.6 is 11.6 Å². The molecule has 15 heavy (non-hydrogen) atoms. The normalized spacial score (nSPS) is 12.1. The van der Waals surface area contributed by atoms with Gasteiger partial charge in [0, 0.05) is 18.0 Å². The smallest absolute Gasteiger partial charge is 0.269 e. The van der Waals surface area contributed by atoms with Gasteiger partial charge in [0.1, 0.15) is 0 Å². The average Bonchev–Trinajstić information content (AvgIpc) is 2.19. The van der Waals surface area contributed by atoms with Crippen LogP contribution in [0, 0.1) is 10.1 Å². The zero-order chi connectivity index (χ0) is 11.4. The molecular weight excluding hydrogens is 220 g/mol. The van der Waals surface area contributed by atoms with Crippen LogP contribution in [0.25, 0.3) is 0 Å². The largest absolute Gasteiger partial charge is 0.369 e. The summed E-state index contributed by atoms with van der Waals surface area (Å²) in [4.78, 5) is 20.8. The number of benzene rings is 1. The molecule has 0 saturated heterocycles. The van der Waals surface area contributed by atoms with Gasteiger partial charge in [0.25, 0.3) is 5.69 Å². The molecule has 5 nitrogen and oxygen atoms in total. The van der Waals surface area contributed by atoms with E-state index in [2.05, 4.69) is 0 Å². The van der Waals surface area contributed by atoms with Crippen molar-refractivity contribution in [3.05, 3.63) is 39.9 Å². The predicted octanol–water partition coefficient (Wildman–Crippen LogP) is 1.40. The fraction of sp³-hybridized carbons (Fsp3) is 0.222. The van der Waals surface area contributed by atoms with E-state index < -0.39 is 16.7 Å². The van der Waals surface area contributed by atoms with E-state index in [4.69, 9.17) is 17.3 Å². The lowest BCUT2D eigenvalue weighted by Crippen LogP contribution is -2.22. The lowest BCUT2D eigenvalue weighted by Gasteiger charge is -2.08. The van der Waals surface area contributed by atoms with Crippen LogP contribution in [0.15, 0.2) is 24.3 Å². The highest BCUT2D eigenvalue weighted by Gasteiger charge is 2.17. The van der Waals surface area contributed by atoms with Crippen LogP contribution in [0.2, 0.25) is 0 Å². The molecule has 0 radical (unpaired) electrons. The number of nitrogens with two attached hydrogens (primary N) is 1. The molecule has 0 aliphatic carbocycles. The number of carbonyl (C=O) groups excluding carboxylic acids is 1. The van der Waals surface area contributed by atoms with E-state index in [1.807, 2.05) is 0 Å². The van der Waals surface area contributed by atoms with Crippen LogP contribution in [-0.4, -0.2) is 16.7 Å². The number of nitro groups is 1. The Morgan fingerprint density at radius 3 is 2.33 bits per heavy atom. The number of amides is 1. The third-order valence-corrected chi connectivity index (χ3v) is 2.31. The van der Waals surface area contributed by atoms with Crippen LogP contribution in [0.4, 0.5) is 5.69 Å². The van der Waals surface area contributed by atoms with Gasteiger partial charge in [0.15, 0.2) is 0 Å². The maximum Gasteiger partial charge on any atom is 0.269 e. The van der Waals surface area contributed by atoms with E-state index in [1.54, 1.807) is 0 Å². The fourth-order valence-electron chi connectivity index (χ4n) is 1.16. The molecule has 1 aromatic rings. The molecule has 0 spiro atoms. The molecule has 0 fully saturated rings. The standard InChI is InChI=1S/C9H9ClN2O3/c10-5-8(9(11)13)6-1-3-7(4-2-6)12(14)15/h1-4,8H,5H2,(H2,11,13). The summed E-state index contributed by atoms with van der Waals surface area (Å²) in [6, 6.07) is 5.60.